The minimum absolute atomic E-state index is 0.101. The van der Waals surface area contributed by atoms with Crippen molar-refractivity contribution in [3.8, 4) is 0 Å². The third kappa shape index (κ3) is 3.06. The maximum Gasteiger partial charge on any atom is 0.312 e. The molecule has 0 bridgehead atoms. The summed E-state index contributed by atoms with van der Waals surface area (Å²) in [5, 5.41) is 10.1. The average molecular weight is 266 g/mol. The summed E-state index contributed by atoms with van der Waals surface area (Å²) in [5.41, 5.74) is 0. The van der Waals surface area contributed by atoms with Gasteiger partial charge in [0.05, 0.1) is 19.1 Å². The summed E-state index contributed by atoms with van der Waals surface area (Å²) in [4.78, 5) is 12.9. The van der Waals surface area contributed by atoms with E-state index in [9.17, 15) is 9.90 Å². The summed E-state index contributed by atoms with van der Waals surface area (Å²) >= 11 is 1.66. The van der Waals surface area contributed by atoms with Gasteiger partial charge in [0.2, 0.25) is 0 Å². The second kappa shape index (κ2) is 6.25. The number of thioether (sulfide) groups is 1. The highest BCUT2D eigenvalue weighted by Crippen LogP contribution is 2.38. The number of hydrogen-bond acceptors (Lipinski definition) is 4. The molecular formula is C14H18O3S. The quantitative estimate of drug-likeness (QED) is 0.854. The number of aliphatic hydroxyl groups excluding tert-OH is 1. The summed E-state index contributed by atoms with van der Waals surface area (Å²) in [6.07, 6.45) is 2.01. The topological polar surface area (TPSA) is 46.5 Å². The van der Waals surface area contributed by atoms with Crippen LogP contribution in [-0.2, 0) is 9.53 Å². The van der Waals surface area contributed by atoms with Crippen LogP contribution in [0.1, 0.15) is 19.3 Å². The summed E-state index contributed by atoms with van der Waals surface area (Å²) < 4.78 is 4.82. The number of carbonyl (C=O) groups excluding carboxylic acids is 1. The lowest BCUT2D eigenvalue weighted by molar-refractivity contribution is -0.150. The molecule has 0 spiro atoms. The molecule has 0 radical (unpaired) electrons. The largest absolute Gasteiger partial charge is 0.469 e. The van der Waals surface area contributed by atoms with Crippen LogP contribution in [0.2, 0.25) is 0 Å². The molecule has 0 saturated heterocycles. The van der Waals surface area contributed by atoms with Crippen molar-refractivity contribution in [3.05, 3.63) is 30.3 Å². The molecule has 98 valence electrons. The van der Waals surface area contributed by atoms with Crippen LogP contribution in [-0.4, -0.2) is 29.5 Å². The Morgan fingerprint density at radius 3 is 2.72 bits per heavy atom. The van der Waals surface area contributed by atoms with Crippen LogP contribution < -0.4 is 0 Å². The predicted molar refractivity (Wildman–Crippen MR) is 71.5 cm³/mol. The number of hydrogen-bond donors (Lipinski definition) is 1. The van der Waals surface area contributed by atoms with Gasteiger partial charge in [-0.15, -0.1) is 11.8 Å². The van der Waals surface area contributed by atoms with Crippen LogP contribution in [0.25, 0.3) is 0 Å². The van der Waals surface area contributed by atoms with E-state index in [2.05, 4.69) is 0 Å². The van der Waals surface area contributed by atoms with Gasteiger partial charge in [0.25, 0.3) is 0 Å². The molecule has 0 heterocycles. The zero-order valence-corrected chi connectivity index (χ0v) is 11.2. The Balaban J connectivity index is 2.11. The van der Waals surface area contributed by atoms with Crippen molar-refractivity contribution in [1.29, 1.82) is 0 Å². The fourth-order valence-corrected chi connectivity index (χ4v) is 3.77. The fraction of sp³-hybridized carbons (Fsp3) is 0.500. The number of esters is 1. The first-order valence-electron chi connectivity index (χ1n) is 6.20. The molecule has 1 aliphatic rings. The standard InChI is InChI=1S/C14H18O3S/c1-17-14(16)13-11(15)8-5-9-12(13)18-10-6-3-2-4-7-10/h2-4,6-7,11-13,15H,5,8-9H2,1H3/t11-,12-,13-/m0/s1. The van der Waals surface area contributed by atoms with E-state index in [0.29, 0.717) is 6.42 Å². The van der Waals surface area contributed by atoms with Crippen molar-refractivity contribution >= 4 is 17.7 Å². The van der Waals surface area contributed by atoms with E-state index in [1.165, 1.54) is 7.11 Å². The van der Waals surface area contributed by atoms with Crippen LogP contribution in [0.4, 0.5) is 0 Å². The molecule has 0 aromatic heterocycles. The monoisotopic (exact) mass is 266 g/mol. The van der Waals surface area contributed by atoms with Crippen LogP contribution in [0.3, 0.4) is 0 Å². The highest BCUT2D eigenvalue weighted by Gasteiger charge is 2.38. The van der Waals surface area contributed by atoms with Crippen LogP contribution >= 0.6 is 11.8 Å². The van der Waals surface area contributed by atoms with Crippen molar-refractivity contribution in [1.82, 2.24) is 0 Å². The molecule has 1 aromatic rings. The third-order valence-electron chi connectivity index (χ3n) is 3.31. The van der Waals surface area contributed by atoms with Gasteiger partial charge < -0.3 is 9.84 Å². The Morgan fingerprint density at radius 2 is 2.06 bits per heavy atom. The van der Waals surface area contributed by atoms with E-state index in [0.717, 1.165) is 17.7 Å². The first-order valence-corrected chi connectivity index (χ1v) is 7.08. The number of rotatable bonds is 3. The highest BCUT2D eigenvalue weighted by atomic mass is 32.2. The van der Waals surface area contributed by atoms with Gasteiger partial charge in [-0.25, -0.2) is 0 Å². The maximum absolute atomic E-state index is 11.8. The van der Waals surface area contributed by atoms with Crippen molar-refractivity contribution < 1.29 is 14.6 Å². The smallest absolute Gasteiger partial charge is 0.312 e. The van der Waals surface area contributed by atoms with E-state index >= 15 is 0 Å². The molecule has 0 unspecified atom stereocenters. The highest BCUT2D eigenvalue weighted by molar-refractivity contribution is 8.00. The molecule has 3 atom stereocenters. The lowest BCUT2D eigenvalue weighted by atomic mass is 9.86. The van der Waals surface area contributed by atoms with E-state index in [1.807, 2.05) is 30.3 Å². The number of benzene rings is 1. The molecule has 1 fully saturated rings. The molecule has 4 heteroatoms. The summed E-state index contributed by atoms with van der Waals surface area (Å²) in [6.45, 7) is 0. The number of ether oxygens (including phenoxy) is 1. The normalized spacial score (nSPS) is 27.8. The minimum atomic E-state index is -0.576. The van der Waals surface area contributed by atoms with E-state index in [1.54, 1.807) is 11.8 Å². The van der Waals surface area contributed by atoms with Crippen LogP contribution in [0, 0.1) is 5.92 Å². The van der Waals surface area contributed by atoms with Crippen molar-refractivity contribution in [2.24, 2.45) is 5.92 Å². The molecule has 1 saturated carbocycles. The molecule has 18 heavy (non-hydrogen) atoms. The van der Waals surface area contributed by atoms with Gasteiger partial charge >= 0.3 is 5.97 Å². The van der Waals surface area contributed by atoms with E-state index in [-0.39, 0.29) is 11.2 Å². The van der Waals surface area contributed by atoms with E-state index in [4.69, 9.17) is 4.74 Å². The van der Waals surface area contributed by atoms with Crippen LogP contribution in [0.15, 0.2) is 35.2 Å². The zero-order valence-electron chi connectivity index (χ0n) is 10.4. The van der Waals surface area contributed by atoms with Gasteiger partial charge in [0.15, 0.2) is 0 Å². The van der Waals surface area contributed by atoms with Gasteiger partial charge in [-0.05, 0) is 31.4 Å². The minimum Gasteiger partial charge on any atom is -0.469 e. The molecular weight excluding hydrogens is 248 g/mol. The summed E-state index contributed by atoms with van der Waals surface area (Å²) in [7, 11) is 1.38. The Labute approximate surface area is 112 Å². The SMILES string of the molecule is COC(=O)[C@@H]1[C@@H](Sc2ccccc2)CCC[C@@H]1O. The molecule has 3 nitrogen and oxygen atoms in total. The van der Waals surface area contributed by atoms with Gasteiger partial charge in [0, 0.05) is 10.1 Å². The van der Waals surface area contributed by atoms with Crippen molar-refractivity contribution in [2.75, 3.05) is 7.11 Å². The zero-order chi connectivity index (χ0) is 13.0. The molecule has 1 aliphatic carbocycles. The van der Waals surface area contributed by atoms with Crippen molar-refractivity contribution in [2.45, 2.75) is 35.5 Å². The third-order valence-corrected chi connectivity index (χ3v) is 4.68. The lowest BCUT2D eigenvalue weighted by Crippen LogP contribution is -2.40. The molecule has 1 aromatic carbocycles. The fourth-order valence-electron chi connectivity index (χ4n) is 2.39. The van der Waals surface area contributed by atoms with Crippen LogP contribution in [0.5, 0.6) is 0 Å². The Kier molecular flexibility index (Phi) is 4.66. The maximum atomic E-state index is 11.8. The molecule has 1 N–H and O–H groups in total. The average Bonchev–Trinajstić information content (AvgIpc) is 2.39. The number of methoxy groups -OCH3 is 1. The second-order valence-corrected chi connectivity index (χ2v) is 5.83. The predicted octanol–water partition coefficient (Wildman–Crippen LogP) is 2.48. The summed E-state index contributed by atoms with van der Waals surface area (Å²) in [6, 6.07) is 9.99. The first-order chi connectivity index (χ1) is 8.72. The Morgan fingerprint density at radius 1 is 1.33 bits per heavy atom. The molecule has 0 aliphatic heterocycles. The van der Waals surface area contributed by atoms with Gasteiger partial charge in [-0.1, -0.05) is 18.2 Å². The molecule has 2 rings (SSSR count). The first kappa shape index (κ1) is 13.4. The molecule has 0 amide bonds. The summed E-state index contributed by atoms with van der Waals surface area (Å²) in [5.74, 6) is -0.704. The van der Waals surface area contributed by atoms with Gasteiger partial charge in [-0.3, -0.25) is 4.79 Å². The number of aliphatic hydroxyl groups is 1. The van der Waals surface area contributed by atoms with Gasteiger partial charge in [-0.2, -0.15) is 0 Å². The Bertz CT molecular complexity index is 393. The van der Waals surface area contributed by atoms with Gasteiger partial charge in [0.1, 0.15) is 0 Å². The lowest BCUT2D eigenvalue weighted by Gasteiger charge is -2.33. The van der Waals surface area contributed by atoms with E-state index < -0.39 is 12.0 Å². The van der Waals surface area contributed by atoms with Crippen molar-refractivity contribution in [3.63, 3.8) is 0 Å². The Hall–Kier alpha value is -1.00. The number of carbonyl (C=O) groups is 1. The second-order valence-electron chi connectivity index (χ2n) is 4.52.